The van der Waals surface area contributed by atoms with Gasteiger partial charge in [-0.2, -0.15) is 0 Å². The van der Waals surface area contributed by atoms with Crippen molar-refractivity contribution in [3.05, 3.63) is 41.5 Å². The van der Waals surface area contributed by atoms with Gasteiger partial charge in [-0.1, -0.05) is 26.0 Å². The van der Waals surface area contributed by atoms with Crippen LogP contribution in [0.4, 0.5) is 0 Å². The Kier molecular flexibility index (Phi) is 3.34. The lowest BCUT2D eigenvalue weighted by Crippen LogP contribution is -1.94. The normalized spacial score (nSPS) is 10.6. The van der Waals surface area contributed by atoms with Crippen LogP contribution in [0.2, 0.25) is 0 Å². The molecular weight excluding hydrogens is 172 g/mol. The van der Waals surface area contributed by atoms with Crippen LogP contribution in [0.5, 0.6) is 5.75 Å². The van der Waals surface area contributed by atoms with Gasteiger partial charge < -0.3 is 5.11 Å². The van der Waals surface area contributed by atoms with Gasteiger partial charge in [0.1, 0.15) is 5.75 Å². The van der Waals surface area contributed by atoms with E-state index >= 15 is 0 Å². The Morgan fingerprint density at radius 1 is 1.43 bits per heavy atom. The number of hydrogen-bond acceptors (Lipinski definition) is 1. The first-order valence-electron chi connectivity index (χ1n) is 4.99. The number of rotatable bonds is 3. The number of aromatic hydroxyl groups is 1. The van der Waals surface area contributed by atoms with Gasteiger partial charge in [0.25, 0.3) is 0 Å². The van der Waals surface area contributed by atoms with Crippen LogP contribution < -0.4 is 0 Å². The Balaban J connectivity index is 3.17. The van der Waals surface area contributed by atoms with Crippen molar-refractivity contribution in [1.29, 1.82) is 0 Å². The van der Waals surface area contributed by atoms with E-state index in [1.54, 1.807) is 0 Å². The van der Waals surface area contributed by atoms with Crippen molar-refractivity contribution in [2.75, 3.05) is 0 Å². The number of phenols is 1. The highest BCUT2D eigenvalue weighted by molar-refractivity contribution is 5.44. The van der Waals surface area contributed by atoms with Crippen LogP contribution in [0, 0.1) is 6.92 Å². The average molecular weight is 190 g/mol. The van der Waals surface area contributed by atoms with E-state index in [2.05, 4.69) is 26.5 Å². The van der Waals surface area contributed by atoms with Crippen molar-refractivity contribution in [3.8, 4) is 5.75 Å². The fourth-order valence-corrected chi connectivity index (χ4v) is 1.57. The maximum absolute atomic E-state index is 9.80. The molecule has 0 saturated carbocycles. The first kappa shape index (κ1) is 10.8. The fourth-order valence-electron chi connectivity index (χ4n) is 1.57. The zero-order valence-electron chi connectivity index (χ0n) is 9.17. The fraction of sp³-hybridized carbons (Fsp3) is 0.385. The average Bonchev–Trinajstić information content (AvgIpc) is 2.10. The van der Waals surface area contributed by atoms with Crippen molar-refractivity contribution in [2.45, 2.75) is 33.1 Å². The van der Waals surface area contributed by atoms with E-state index in [0.717, 1.165) is 17.5 Å². The maximum Gasteiger partial charge on any atom is 0.119 e. The van der Waals surface area contributed by atoms with Crippen LogP contribution >= 0.6 is 0 Å². The molecule has 0 bridgehead atoms. The SMILES string of the molecule is C=CCc1c(C)cc(C(C)C)cc1O. The maximum atomic E-state index is 9.80. The molecule has 1 aromatic rings. The molecule has 0 saturated heterocycles. The summed E-state index contributed by atoms with van der Waals surface area (Å²) in [5.74, 6) is 0.853. The Morgan fingerprint density at radius 3 is 2.50 bits per heavy atom. The molecule has 0 aliphatic heterocycles. The van der Waals surface area contributed by atoms with Gasteiger partial charge >= 0.3 is 0 Å². The summed E-state index contributed by atoms with van der Waals surface area (Å²) < 4.78 is 0. The molecule has 0 unspecified atom stereocenters. The number of phenolic OH excluding ortho intramolecular Hbond substituents is 1. The zero-order valence-corrected chi connectivity index (χ0v) is 9.17. The molecule has 0 aliphatic rings. The van der Waals surface area contributed by atoms with E-state index in [1.807, 2.05) is 19.1 Å². The highest BCUT2D eigenvalue weighted by atomic mass is 16.3. The molecule has 1 heteroatoms. The molecule has 0 spiro atoms. The van der Waals surface area contributed by atoms with Crippen LogP contribution in [0.1, 0.15) is 36.5 Å². The summed E-state index contributed by atoms with van der Waals surface area (Å²) in [5.41, 5.74) is 3.32. The predicted molar refractivity (Wildman–Crippen MR) is 60.8 cm³/mol. The third-order valence-corrected chi connectivity index (χ3v) is 2.49. The van der Waals surface area contributed by atoms with Gasteiger partial charge in [-0.05, 0) is 36.5 Å². The summed E-state index contributed by atoms with van der Waals surface area (Å²) >= 11 is 0. The summed E-state index contributed by atoms with van der Waals surface area (Å²) in [6.07, 6.45) is 2.55. The minimum Gasteiger partial charge on any atom is -0.508 e. The van der Waals surface area contributed by atoms with Crippen molar-refractivity contribution >= 4 is 0 Å². The van der Waals surface area contributed by atoms with E-state index in [-0.39, 0.29) is 0 Å². The summed E-state index contributed by atoms with van der Waals surface area (Å²) in [6.45, 7) is 9.97. The molecule has 0 fully saturated rings. The molecular formula is C13H18O. The van der Waals surface area contributed by atoms with Crippen molar-refractivity contribution < 1.29 is 5.11 Å². The highest BCUT2D eigenvalue weighted by Gasteiger charge is 2.07. The second kappa shape index (κ2) is 4.32. The molecule has 0 aliphatic carbocycles. The second-order valence-electron chi connectivity index (χ2n) is 3.98. The zero-order chi connectivity index (χ0) is 10.7. The standard InChI is InChI=1S/C13H18O/c1-5-6-12-10(4)7-11(9(2)3)8-13(12)14/h5,7-9,14H,1,6H2,2-4H3. The lowest BCUT2D eigenvalue weighted by molar-refractivity contribution is 0.468. The molecule has 0 atom stereocenters. The quantitative estimate of drug-likeness (QED) is 0.723. The lowest BCUT2D eigenvalue weighted by Gasteiger charge is -2.12. The molecule has 0 amide bonds. The van der Waals surface area contributed by atoms with Crippen molar-refractivity contribution in [2.24, 2.45) is 0 Å². The van der Waals surface area contributed by atoms with Crippen LogP contribution in [0.15, 0.2) is 24.8 Å². The minimum atomic E-state index is 0.397. The van der Waals surface area contributed by atoms with Gasteiger partial charge in [-0.3, -0.25) is 0 Å². The Bertz CT molecular complexity index is 314. The lowest BCUT2D eigenvalue weighted by atomic mass is 9.96. The molecule has 0 aromatic heterocycles. The third kappa shape index (κ3) is 2.16. The van der Waals surface area contributed by atoms with Crippen LogP contribution in [0.3, 0.4) is 0 Å². The topological polar surface area (TPSA) is 20.2 Å². The Hall–Kier alpha value is -1.24. The van der Waals surface area contributed by atoms with Crippen LogP contribution in [-0.4, -0.2) is 5.11 Å². The number of benzene rings is 1. The molecule has 1 N–H and O–H groups in total. The third-order valence-electron chi connectivity index (χ3n) is 2.49. The largest absolute Gasteiger partial charge is 0.508 e. The van der Waals surface area contributed by atoms with Gasteiger partial charge in [0.15, 0.2) is 0 Å². The van der Waals surface area contributed by atoms with Gasteiger partial charge in [0.05, 0.1) is 0 Å². The van der Waals surface area contributed by atoms with E-state index in [1.165, 1.54) is 5.56 Å². The number of hydrogen-bond donors (Lipinski definition) is 1. The molecule has 1 rings (SSSR count). The van der Waals surface area contributed by atoms with E-state index in [9.17, 15) is 5.11 Å². The molecule has 0 heterocycles. The van der Waals surface area contributed by atoms with Gasteiger partial charge in [-0.25, -0.2) is 0 Å². The molecule has 76 valence electrons. The van der Waals surface area contributed by atoms with E-state index in [4.69, 9.17) is 0 Å². The van der Waals surface area contributed by atoms with Gasteiger partial charge in [0.2, 0.25) is 0 Å². The monoisotopic (exact) mass is 190 g/mol. The van der Waals surface area contributed by atoms with E-state index < -0.39 is 0 Å². The molecule has 0 radical (unpaired) electrons. The number of aryl methyl sites for hydroxylation is 1. The Labute approximate surface area is 86.1 Å². The smallest absolute Gasteiger partial charge is 0.119 e. The predicted octanol–water partition coefficient (Wildman–Crippen LogP) is 3.55. The molecule has 14 heavy (non-hydrogen) atoms. The summed E-state index contributed by atoms with van der Waals surface area (Å²) in [6, 6.07) is 4.00. The van der Waals surface area contributed by atoms with Crippen LogP contribution in [-0.2, 0) is 6.42 Å². The van der Waals surface area contributed by atoms with Crippen molar-refractivity contribution in [1.82, 2.24) is 0 Å². The minimum absolute atomic E-state index is 0.397. The molecule has 1 nitrogen and oxygen atoms in total. The number of allylic oxidation sites excluding steroid dienone is 1. The van der Waals surface area contributed by atoms with Crippen molar-refractivity contribution in [3.63, 3.8) is 0 Å². The first-order valence-corrected chi connectivity index (χ1v) is 4.99. The summed E-state index contributed by atoms with van der Waals surface area (Å²) in [4.78, 5) is 0. The summed E-state index contributed by atoms with van der Waals surface area (Å²) in [7, 11) is 0. The first-order chi connectivity index (χ1) is 6.56. The van der Waals surface area contributed by atoms with E-state index in [0.29, 0.717) is 11.7 Å². The summed E-state index contributed by atoms with van der Waals surface area (Å²) in [5, 5.41) is 9.80. The molecule has 1 aromatic carbocycles. The second-order valence-corrected chi connectivity index (χ2v) is 3.98. The Morgan fingerprint density at radius 2 is 2.07 bits per heavy atom. The van der Waals surface area contributed by atoms with Gasteiger partial charge in [0, 0.05) is 5.56 Å². The van der Waals surface area contributed by atoms with Crippen LogP contribution in [0.25, 0.3) is 0 Å². The van der Waals surface area contributed by atoms with Gasteiger partial charge in [-0.15, -0.1) is 6.58 Å². The highest BCUT2D eigenvalue weighted by Crippen LogP contribution is 2.27.